The van der Waals surface area contributed by atoms with E-state index in [1.54, 1.807) is 0 Å². The maximum Gasteiger partial charge on any atom is 0.123 e. The van der Waals surface area contributed by atoms with Gasteiger partial charge in [-0.1, -0.05) is 12.1 Å². The SMILES string of the molecule is CC(O)[C@@H](O)c1ccc(F)cc1. The van der Waals surface area contributed by atoms with Gasteiger partial charge < -0.3 is 10.2 Å². The van der Waals surface area contributed by atoms with Crippen LogP contribution in [-0.2, 0) is 0 Å². The molecule has 1 unspecified atom stereocenters. The van der Waals surface area contributed by atoms with Gasteiger partial charge in [0.15, 0.2) is 0 Å². The molecule has 0 spiro atoms. The smallest absolute Gasteiger partial charge is 0.123 e. The van der Waals surface area contributed by atoms with Crippen molar-refractivity contribution in [1.82, 2.24) is 0 Å². The lowest BCUT2D eigenvalue weighted by atomic mass is 10.1. The summed E-state index contributed by atoms with van der Waals surface area (Å²) in [7, 11) is 0. The minimum absolute atomic E-state index is 0.350. The minimum atomic E-state index is -0.939. The van der Waals surface area contributed by atoms with Crippen molar-refractivity contribution < 1.29 is 14.6 Å². The van der Waals surface area contributed by atoms with Crippen molar-refractivity contribution in [3.05, 3.63) is 35.6 Å². The Hall–Kier alpha value is -0.930. The van der Waals surface area contributed by atoms with Gasteiger partial charge in [0.05, 0.1) is 6.10 Å². The number of aliphatic hydroxyl groups excluding tert-OH is 2. The molecule has 0 aliphatic rings. The van der Waals surface area contributed by atoms with Gasteiger partial charge in [-0.3, -0.25) is 0 Å². The van der Waals surface area contributed by atoms with Gasteiger partial charge in [-0.05, 0) is 24.6 Å². The highest BCUT2D eigenvalue weighted by Gasteiger charge is 2.12. The minimum Gasteiger partial charge on any atom is -0.390 e. The van der Waals surface area contributed by atoms with Crippen LogP contribution in [-0.4, -0.2) is 16.3 Å². The van der Waals surface area contributed by atoms with Gasteiger partial charge in [0.25, 0.3) is 0 Å². The van der Waals surface area contributed by atoms with Crippen molar-refractivity contribution in [2.24, 2.45) is 0 Å². The van der Waals surface area contributed by atoms with E-state index in [4.69, 9.17) is 5.11 Å². The van der Waals surface area contributed by atoms with Crippen molar-refractivity contribution in [2.75, 3.05) is 0 Å². The molecule has 0 fully saturated rings. The number of hydrogen-bond acceptors (Lipinski definition) is 2. The van der Waals surface area contributed by atoms with Crippen LogP contribution in [0.1, 0.15) is 18.6 Å². The molecule has 2 atom stereocenters. The Morgan fingerprint density at radius 2 is 1.67 bits per heavy atom. The van der Waals surface area contributed by atoms with E-state index in [0.29, 0.717) is 5.56 Å². The van der Waals surface area contributed by atoms with Crippen LogP contribution >= 0.6 is 0 Å². The van der Waals surface area contributed by atoms with E-state index < -0.39 is 12.2 Å². The van der Waals surface area contributed by atoms with Crippen LogP contribution in [0.4, 0.5) is 4.39 Å². The average molecular weight is 170 g/mol. The first-order valence-corrected chi connectivity index (χ1v) is 3.73. The number of benzene rings is 1. The van der Waals surface area contributed by atoms with Gasteiger partial charge in [-0.15, -0.1) is 0 Å². The second-order valence-electron chi connectivity index (χ2n) is 2.74. The van der Waals surface area contributed by atoms with Gasteiger partial charge in [-0.2, -0.15) is 0 Å². The highest BCUT2D eigenvalue weighted by molar-refractivity contribution is 5.19. The van der Waals surface area contributed by atoms with Crippen molar-refractivity contribution in [3.8, 4) is 0 Å². The van der Waals surface area contributed by atoms with Gasteiger partial charge in [0, 0.05) is 0 Å². The molecule has 3 heteroatoms. The molecule has 0 saturated carbocycles. The molecule has 0 aliphatic heterocycles. The highest BCUT2D eigenvalue weighted by atomic mass is 19.1. The third kappa shape index (κ3) is 2.03. The third-order valence-corrected chi connectivity index (χ3v) is 1.67. The predicted octanol–water partition coefficient (Wildman–Crippen LogP) is 1.24. The molecule has 12 heavy (non-hydrogen) atoms. The summed E-state index contributed by atoms with van der Waals surface area (Å²) >= 11 is 0. The van der Waals surface area contributed by atoms with E-state index in [1.165, 1.54) is 31.2 Å². The first kappa shape index (κ1) is 9.16. The number of rotatable bonds is 2. The second kappa shape index (κ2) is 3.65. The van der Waals surface area contributed by atoms with Crippen molar-refractivity contribution in [1.29, 1.82) is 0 Å². The van der Waals surface area contributed by atoms with E-state index in [2.05, 4.69) is 0 Å². The standard InChI is InChI=1S/C9H11FO2/c1-6(11)9(12)7-2-4-8(10)5-3-7/h2-6,9,11-12H,1H3/t6?,9-/m1/s1. The summed E-state index contributed by atoms with van der Waals surface area (Å²) in [6, 6.07) is 5.40. The molecule has 0 bridgehead atoms. The Bertz CT molecular complexity index is 243. The fourth-order valence-corrected chi connectivity index (χ4v) is 0.938. The molecule has 1 rings (SSSR count). The summed E-state index contributed by atoms with van der Waals surface area (Å²) in [4.78, 5) is 0. The van der Waals surface area contributed by atoms with Crippen LogP contribution in [0.2, 0.25) is 0 Å². The van der Waals surface area contributed by atoms with E-state index >= 15 is 0 Å². The van der Waals surface area contributed by atoms with Crippen LogP contribution in [0.3, 0.4) is 0 Å². The molecule has 0 heterocycles. The molecule has 2 nitrogen and oxygen atoms in total. The normalized spacial score (nSPS) is 15.7. The first-order chi connectivity index (χ1) is 5.61. The molecule has 0 aliphatic carbocycles. The van der Waals surface area contributed by atoms with Gasteiger partial charge in [-0.25, -0.2) is 4.39 Å². The molecule has 0 aromatic heterocycles. The zero-order valence-electron chi connectivity index (χ0n) is 6.74. The zero-order valence-corrected chi connectivity index (χ0v) is 6.74. The lowest BCUT2D eigenvalue weighted by Crippen LogP contribution is -2.13. The molecule has 1 aromatic carbocycles. The Labute approximate surface area is 70.3 Å². The Balaban J connectivity index is 2.82. The summed E-state index contributed by atoms with van der Waals surface area (Å²) < 4.78 is 12.4. The molecule has 0 radical (unpaired) electrons. The van der Waals surface area contributed by atoms with Crippen molar-refractivity contribution >= 4 is 0 Å². The summed E-state index contributed by atoms with van der Waals surface area (Å²) in [6.07, 6.45) is -1.78. The maximum atomic E-state index is 12.4. The summed E-state index contributed by atoms with van der Waals surface area (Å²) in [5.41, 5.74) is 0.520. The Morgan fingerprint density at radius 1 is 1.17 bits per heavy atom. The van der Waals surface area contributed by atoms with E-state index in [0.717, 1.165) is 0 Å². The topological polar surface area (TPSA) is 40.5 Å². The van der Waals surface area contributed by atoms with Crippen molar-refractivity contribution in [3.63, 3.8) is 0 Å². The lowest BCUT2D eigenvalue weighted by molar-refractivity contribution is 0.0305. The number of hydrogen-bond donors (Lipinski definition) is 2. The second-order valence-corrected chi connectivity index (χ2v) is 2.74. The number of halogens is 1. The molecule has 0 amide bonds. The molecule has 2 N–H and O–H groups in total. The van der Waals surface area contributed by atoms with Gasteiger partial charge in [0.2, 0.25) is 0 Å². The molecule has 66 valence electrons. The fourth-order valence-electron chi connectivity index (χ4n) is 0.938. The average Bonchev–Trinajstić information content (AvgIpc) is 2.04. The molecule has 1 aromatic rings. The predicted molar refractivity (Wildman–Crippen MR) is 43.0 cm³/mol. The highest BCUT2D eigenvalue weighted by Crippen LogP contribution is 2.16. The van der Waals surface area contributed by atoms with Crippen LogP contribution in [0.15, 0.2) is 24.3 Å². The molecular formula is C9H11FO2. The van der Waals surface area contributed by atoms with Crippen LogP contribution < -0.4 is 0 Å². The van der Waals surface area contributed by atoms with Gasteiger partial charge in [0.1, 0.15) is 11.9 Å². The Morgan fingerprint density at radius 3 is 2.08 bits per heavy atom. The van der Waals surface area contributed by atoms with Crippen LogP contribution in [0.25, 0.3) is 0 Å². The third-order valence-electron chi connectivity index (χ3n) is 1.67. The fraction of sp³-hybridized carbons (Fsp3) is 0.333. The molecular weight excluding hydrogens is 159 g/mol. The summed E-state index contributed by atoms with van der Waals surface area (Å²) in [5.74, 6) is -0.350. The van der Waals surface area contributed by atoms with E-state index in [1.807, 2.05) is 0 Å². The summed E-state index contributed by atoms with van der Waals surface area (Å²) in [5, 5.41) is 18.3. The van der Waals surface area contributed by atoms with E-state index in [9.17, 15) is 9.50 Å². The lowest BCUT2D eigenvalue weighted by Gasteiger charge is -2.13. The summed E-state index contributed by atoms with van der Waals surface area (Å²) in [6.45, 7) is 1.48. The van der Waals surface area contributed by atoms with E-state index in [-0.39, 0.29) is 5.82 Å². The van der Waals surface area contributed by atoms with Crippen LogP contribution in [0, 0.1) is 5.82 Å². The Kier molecular flexibility index (Phi) is 2.78. The molecule has 0 saturated heterocycles. The van der Waals surface area contributed by atoms with Crippen molar-refractivity contribution in [2.45, 2.75) is 19.1 Å². The maximum absolute atomic E-state index is 12.4. The first-order valence-electron chi connectivity index (χ1n) is 3.73. The quantitative estimate of drug-likeness (QED) is 0.701. The number of aliphatic hydroxyl groups is 2. The largest absolute Gasteiger partial charge is 0.390 e. The van der Waals surface area contributed by atoms with Gasteiger partial charge >= 0.3 is 0 Å². The zero-order chi connectivity index (χ0) is 9.14. The monoisotopic (exact) mass is 170 g/mol. The van der Waals surface area contributed by atoms with Crippen LogP contribution in [0.5, 0.6) is 0 Å².